The zero-order chi connectivity index (χ0) is 21.5. The fourth-order valence-corrected chi connectivity index (χ4v) is 5.27. The lowest BCUT2D eigenvalue weighted by Crippen LogP contribution is -2.40. The summed E-state index contributed by atoms with van der Waals surface area (Å²) in [4.78, 5) is 13.0. The van der Waals surface area contributed by atoms with Gasteiger partial charge in [0, 0.05) is 12.5 Å². The molecule has 1 aromatic rings. The SMILES string of the molecule is O=C(NC1CCCCC1)C1=C[C@@H](C2CCCCC2)C[C@@H](OCc2ccc(CO)cc2)O1. The number of aliphatic hydroxyl groups is 1. The molecule has 170 valence electrons. The van der Waals surface area contributed by atoms with E-state index in [1.807, 2.05) is 24.3 Å². The molecule has 3 aliphatic rings. The van der Waals surface area contributed by atoms with Crippen molar-refractivity contribution >= 4 is 5.91 Å². The maximum Gasteiger partial charge on any atom is 0.286 e. The van der Waals surface area contributed by atoms with E-state index in [1.165, 1.54) is 51.4 Å². The lowest BCUT2D eigenvalue weighted by Gasteiger charge is -2.35. The highest BCUT2D eigenvalue weighted by atomic mass is 16.7. The van der Waals surface area contributed by atoms with Crippen LogP contribution in [0.2, 0.25) is 0 Å². The Hall–Kier alpha value is -1.85. The zero-order valence-corrected chi connectivity index (χ0v) is 18.6. The molecule has 2 fully saturated rings. The first-order valence-electron chi connectivity index (χ1n) is 12.2. The molecule has 4 rings (SSSR count). The van der Waals surface area contributed by atoms with Gasteiger partial charge in [-0.3, -0.25) is 4.79 Å². The van der Waals surface area contributed by atoms with Crippen LogP contribution in [0.5, 0.6) is 0 Å². The van der Waals surface area contributed by atoms with E-state index in [-0.39, 0.29) is 18.6 Å². The molecular formula is C26H37NO4. The monoisotopic (exact) mass is 427 g/mol. The Morgan fingerprint density at radius 3 is 2.29 bits per heavy atom. The van der Waals surface area contributed by atoms with Crippen LogP contribution in [0, 0.1) is 11.8 Å². The topological polar surface area (TPSA) is 67.8 Å². The number of carbonyl (C=O) groups excluding carboxylic acids is 1. The van der Waals surface area contributed by atoms with Crippen molar-refractivity contribution in [1.29, 1.82) is 0 Å². The molecule has 0 bridgehead atoms. The fraction of sp³-hybridized carbons (Fsp3) is 0.654. The molecule has 1 aliphatic heterocycles. The second-order valence-corrected chi connectivity index (χ2v) is 9.47. The third-order valence-electron chi connectivity index (χ3n) is 7.15. The maximum atomic E-state index is 13.0. The maximum absolute atomic E-state index is 13.0. The van der Waals surface area contributed by atoms with Crippen LogP contribution in [0.3, 0.4) is 0 Å². The van der Waals surface area contributed by atoms with E-state index in [2.05, 4.69) is 11.4 Å². The van der Waals surface area contributed by atoms with Crippen LogP contribution < -0.4 is 5.32 Å². The van der Waals surface area contributed by atoms with Crippen molar-refractivity contribution in [2.45, 2.75) is 96.2 Å². The average Bonchev–Trinajstić information content (AvgIpc) is 2.84. The number of benzene rings is 1. The van der Waals surface area contributed by atoms with Crippen LogP contribution in [-0.2, 0) is 27.5 Å². The van der Waals surface area contributed by atoms with Crippen molar-refractivity contribution < 1.29 is 19.4 Å². The van der Waals surface area contributed by atoms with Crippen molar-refractivity contribution in [1.82, 2.24) is 5.32 Å². The summed E-state index contributed by atoms with van der Waals surface area (Å²) in [5, 5.41) is 12.4. The number of ether oxygens (including phenoxy) is 2. The Morgan fingerprint density at radius 1 is 0.968 bits per heavy atom. The van der Waals surface area contributed by atoms with Gasteiger partial charge in [0.15, 0.2) is 5.76 Å². The molecule has 0 radical (unpaired) electrons. The summed E-state index contributed by atoms with van der Waals surface area (Å²) >= 11 is 0. The van der Waals surface area contributed by atoms with Gasteiger partial charge in [-0.1, -0.05) is 62.8 Å². The van der Waals surface area contributed by atoms with Gasteiger partial charge in [0.1, 0.15) is 0 Å². The highest BCUT2D eigenvalue weighted by molar-refractivity contribution is 5.91. The minimum Gasteiger partial charge on any atom is -0.459 e. The Morgan fingerprint density at radius 2 is 1.61 bits per heavy atom. The van der Waals surface area contributed by atoms with Crippen LogP contribution in [0.15, 0.2) is 36.1 Å². The Labute approximate surface area is 186 Å². The average molecular weight is 428 g/mol. The molecule has 0 saturated heterocycles. The van der Waals surface area contributed by atoms with E-state index < -0.39 is 6.29 Å². The van der Waals surface area contributed by atoms with Crippen LogP contribution in [0.4, 0.5) is 0 Å². The van der Waals surface area contributed by atoms with E-state index >= 15 is 0 Å². The third kappa shape index (κ3) is 6.33. The normalized spacial score (nSPS) is 25.5. The molecule has 2 N–H and O–H groups in total. The Kier molecular flexibility index (Phi) is 8.03. The first kappa shape index (κ1) is 22.3. The molecule has 1 heterocycles. The molecule has 5 heteroatoms. The molecule has 2 aliphatic carbocycles. The molecule has 31 heavy (non-hydrogen) atoms. The summed E-state index contributed by atoms with van der Waals surface area (Å²) in [6.45, 7) is 0.478. The summed E-state index contributed by atoms with van der Waals surface area (Å²) in [6, 6.07) is 8.03. The number of allylic oxidation sites excluding steroid dienone is 1. The first-order valence-corrected chi connectivity index (χ1v) is 12.2. The lowest BCUT2D eigenvalue weighted by atomic mass is 9.77. The number of hydrogen-bond donors (Lipinski definition) is 2. The Bertz CT molecular complexity index is 732. The lowest BCUT2D eigenvalue weighted by molar-refractivity contribution is -0.156. The predicted molar refractivity (Wildman–Crippen MR) is 120 cm³/mol. The molecule has 2 atom stereocenters. The second-order valence-electron chi connectivity index (χ2n) is 9.47. The minimum atomic E-state index is -0.401. The highest BCUT2D eigenvalue weighted by Crippen LogP contribution is 2.37. The number of amides is 1. The highest BCUT2D eigenvalue weighted by Gasteiger charge is 2.33. The molecule has 5 nitrogen and oxygen atoms in total. The summed E-state index contributed by atoms with van der Waals surface area (Å²) in [5.74, 6) is 1.33. The number of rotatable bonds is 7. The van der Waals surface area contributed by atoms with E-state index in [1.54, 1.807) is 0 Å². The fourth-order valence-electron chi connectivity index (χ4n) is 5.27. The van der Waals surface area contributed by atoms with Gasteiger partial charge in [-0.15, -0.1) is 0 Å². The van der Waals surface area contributed by atoms with Gasteiger partial charge < -0.3 is 19.9 Å². The number of aliphatic hydroxyl groups excluding tert-OH is 1. The van der Waals surface area contributed by atoms with E-state index in [0.717, 1.165) is 30.4 Å². The Balaban J connectivity index is 1.40. The van der Waals surface area contributed by atoms with Crippen molar-refractivity contribution in [2.75, 3.05) is 0 Å². The molecule has 0 spiro atoms. The van der Waals surface area contributed by atoms with Gasteiger partial charge in [-0.05, 0) is 54.7 Å². The van der Waals surface area contributed by atoms with Gasteiger partial charge >= 0.3 is 0 Å². The molecule has 0 unspecified atom stereocenters. The van der Waals surface area contributed by atoms with Crippen molar-refractivity contribution in [3.63, 3.8) is 0 Å². The molecule has 0 aromatic heterocycles. The van der Waals surface area contributed by atoms with Crippen molar-refractivity contribution in [3.8, 4) is 0 Å². The number of nitrogens with one attached hydrogen (secondary N) is 1. The second kappa shape index (κ2) is 11.1. The van der Waals surface area contributed by atoms with Crippen LogP contribution >= 0.6 is 0 Å². The number of hydrogen-bond acceptors (Lipinski definition) is 4. The van der Waals surface area contributed by atoms with Crippen molar-refractivity contribution in [2.24, 2.45) is 11.8 Å². The van der Waals surface area contributed by atoms with Gasteiger partial charge in [0.2, 0.25) is 6.29 Å². The zero-order valence-electron chi connectivity index (χ0n) is 18.6. The van der Waals surface area contributed by atoms with Gasteiger partial charge in [-0.2, -0.15) is 0 Å². The summed E-state index contributed by atoms with van der Waals surface area (Å²) in [7, 11) is 0. The van der Waals surface area contributed by atoms with Gasteiger partial charge in [-0.25, -0.2) is 0 Å². The van der Waals surface area contributed by atoms with Crippen LogP contribution in [0.25, 0.3) is 0 Å². The summed E-state index contributed by atoms with van der Waals surface area (Å²) in [6.07, 6.45) is 14.6. The van der Waals surface area contributed by atoms with E-state index in [4.69, 9.17) is 9.47 Å². The predicted octanol–water partition coefficient (Wildman–Crippen LogP) is 4.97. The van der Waals surface area contributed by atoms with Crippen molar-refractivity contribution in [3.05, 3.63) is 47.2 Å². The third-order valence-corrected chi connectivity index (χ3v) is 7.15. The standard InChI is InChI=1S/C26H37NO4/c28-17-19-11-13-20(14-12-19)18-30-25-16-22(21-7-3-1-4-8-21)15-24(31-25)26(29)27-23-9-5-2-6-10-23/h11-15,21-23,25,28H,1-10,16-18H2,(H,27,29)/t22-,25+/m1/s1. The van der Waals surface area contributed by atoms with Gasteiger partial charge in [0.25, 0.3) is 5.91 Å². The van der Waals surface area contributed by atoms with E-state index in [9.17, 15) is 9.90 Å². The smallest absolute Gasteiger partial charge is 0.286 e. The quantitative estimate of drug-likeness (QED) is 0.645. The van der Waals surface area contributed by atoms with Gasteiger partial charge in [0.05, 0.1) is 13.2 Å². The molecule has 2 saturated carbocycles. The summed E-state index contributed by atoms with van der Waals surface area (Å²) in [5.41, 5.74) is 1.93. The molecule has 1 amide bonds. The molecule has 1 aromatic carbocycles. The number of carbonyl (C=O) groups is 1. The van der Waals surface area contributed by atoms with Crippen LogP contribution in [0.1, 0.15) is 81.8 Å². The minimum absolute atomic E-state index is 0.0419. The van der Waals surface area contributed by atoms with E-state index in [0.29, 0.717) is 24.2 Å². The first-order chi connectivity index (χ1) is 15.2. The summed E-state index contributed by atoms with van der Waals surface area (Å²) < 4.78 is 12.2. The molecular weight excluding hydrogens is 390 g/mol. The van der Waals surface area contributed by atoms with Crippen LogP contribution in [-0.4, -0.2) is 23.3 Å². The largest absolute Gasteiger partial charge is 0.459 e.